The van der Waals surface area contributed by atoms with Crippen molar-refractivity contribution in [2.45, 2.75) is 0 Å². The minimum absolute atomic E-state index is 0.107. The number of rotatable bonds is 3. The van der Waals surface area contributed by atoms with E-state index < -0.39 is 0 Å². The highest BCUT2D eigenvalue weighted by molar-refractivity contribution is 7.99. The molecule has 0 aliphatic carbocycles. The van der Waals surface area contributed by atoms with Gasteiger partial charge in [0.05, 0.1) is 17.4 Å². The number of carbonyl (C=O) groups is 1. The van der Waals surface area contributed by atoms with Gasteiger partial charge in [0.15, 0.2) is 5.69 Å². The first-order chi connectivity index (χ1) is 12.2. The van der Waals surface area contributed by atoms with E-state index in [2.05, 4.69) is 10.1 Å². The van der Waals surface area contributed by atoms with Crippen LogP contribution in [0.5, 0.6) is 0 Å². The van der Waals surface area contributed by atoms with Gasteiger partial charge in [0, 0.05) is 24.6 Å². The smallest absolute Gasteiger partial charge is 0.275 e. The van der Waals surface area contributed by atoms with Crippen LogP contribution in [0.2, 0.25) is 0 Å². The molecule has 1 aliphatic rings. The normalized spacial score (nSPS) is 14.6. The molecular formula is C17H17N5O2S. The fraction of sp³-hybridized carbons (Fsp3) is 0.235. The summed E-state index contributed by atoms with van der Waals surface area (Å²) in [6, 6.07) is 9.57. The fourth-order valence-corrected chi connectivity index (χ4v) is 3.62. The Hall–Kier alpha value is -2.74. The molecule has 128 valence electrons. The number of oxazole rings is 1. The van der Waals surface area contributed by atoms with Crippen molar-refractivity contribution >= 4 is 23.5 Å². The number of anilines is 1. The average Bonchev–Trinajstić information content (AvgIpc) is 3.29. The predicted octanol–water partition coefficient (Wildman–Crippen LogP) is 2.30. The Labute approximate surface area is 148 Å². The van der Waals surface area contributed by atoms with Gasteiger partial charge in [0.1, 0.15) is 12.1 Å². The van der Waals surface area contributed by atoms with E-state index in [-0.39, 0.29) is 5.91 Å². The molecule has 0 spiro atoms. The van der Waals surface area contributed by atoms with E-state index in [0.29, 0.717) is 23.0 Å². The largest absolute Gasteiger partial charge is 0.443 e. The average molecular weight is 355 g/mol. The van der Waals surface area contributed by atoms with E-state index in [9.17, 15) is 4.79 Å². The van der Waals surface area contributed by atoms with Crippen molar-refractivity contribution in [3.05, 3.63) is 48.5 Å². The minimum Gasteiger partial charge on any atom is -0.443 e. The summed E-state index contributed by atoms with van der Waals surface area (Å²) in [6.07, 6.45) is 2.98. The molecule has 0 unspecified atom stereocenters. The Bertz CT molecular complexity index is 884. The van der Waals surface area contributed by atoms with Gasteiger partial charge >= 0.3 is 0 Å². The molecule has 7 nitrogen and oxygen atoms in total. The van der Waals surface area contributed by atoms with E-state index in [1.54, 1.807) is 15.8 Å². The highest BCUT2D eigenvalue weighted by Crippen LogP contribution is 2.27. The zero-order valence-electron chi connectivity index (χ0n) is 13.5. The molecule has 0 atom stereocenters. The molecule has 0 bridgehead atoms. The number of thioether (sulfide) groups is 1. The maximum Gasteiger partial charge on any atom is 0.275 e. The highest BCUT2D eigenvalue weighted by atomic mass is 32.2. The molecule has 1 saturated heterocycles. The van der Waals surface area contributed by atoms with Crippen LogP contribution in [0, 0.1) is 0 Å². The Kier molecular flexibility index (Phi) is 4.19. The first-order valence-electron chi connectivity index (χ1n) is 7.96. The Morgan fingerprint density at radius 2 is 1.96 bits per heavy atom. The summed E-state index contributed by atoms with van der Waals surface area (Å²) in [5.74, 6) is 2.51. The molecule has 4 rings (SSSR count). The summed E-state index contributed by atoms with van der Waals surface area (Å²) < 4.78 is 7.11. The van der Waals surface area contributed by atoms with Gasteiger partial charge in [-0.25, -0.2) is 9.67 Å². The second-order valence-corrected chi connectivity index (χ2v) is 6.86. The number of para-hydroxylation sites is 1. The Morgan fingerprint density at radius 3 is 2.72 bits per heavy atom. The monoisotopic (exact) mass is 355 g/mol. The lowest BCUT2D eigenvalue weighted by Gasteiger charge is -2.25. The number of nitrogen functional groups attached to an aromatic ring is 1. The number of nitrogens with two attached hydrogens (primary N) is 1. The molecule has 0 saturated carbocycles. The number of nitrogens with zero attached hydrogens (tertiary/aromatic N) is 4. The molecule has 1 amide bonds. The van der Waals surface area contributed by atoms with E-state index in [1.807, 2.05) is 42.1 Å². The van der Waals surface area contributed by atoms with Crippen LogP contribution in [0.15, 0.2) is 47.2 Å². The summed E-state index contributed by atoms with van der Waals surface area (Å²) in [5.41, 5.74) is 7.91. The Morgan fingerprint density at radius 1 is 1.20 bits per heavy atom. The van der Waals surface area contributed by atoms with Gasteiger partial charge in [-0.05, 0) is 12.1 Å². The van der Waals surface area contributed by atoms with Crippen LogP contribution in [-0.4, -0.2) is 50.2 Å². The lowest BCUT2D eigenvalue weighted by atomic mass is 10.3. The van der Waals surface area contributed by atoms with Crippen molar-refractivity contribution in [1.82, 2.24) is 19.7 Å². The fourth-order valence-electron chi connectivity index (χ4n) is 2.72. The number of aromatic nitrogens is 3. The van der Waals surface area contributed by atoms with Gasteiger partial charge in [-0.2, -0.15) is 16.9 Å². The molecule has 8 heteroatoms. The van der Waals surface area contributed by atoms with Crippen LogP contribution in [0.1, 0.15) is 10.5 Å². The summed E-state index contributed by atoms with van der Waals surface area (Å²) in [4.78, 5) is 18.6. The summed E-state index contributed by atoms with van der Waals surface area (Å²) in [7, 11) is 0. The quantitative estimate of drug-likeness (QED) is 0.775. The molecule has 3 aromatic rings. The van der Waals surface area contributed by atoms with Crippen molar-refractivity contribution < 1.29 is 9.21 Å². The van der Waals surface area contributed by atoms with E-state index in [0.717, 1.165) is 30.3 Å². The van der Waals surface area contributed by atoms with E-state index >= 15 is 0 Å². The SMILES string of the molecule is Nc1c(-c2nc(C(=O)N3CCSCC3)co2)cnn1-c1ccccc1. The number of amides is 1. The van der Waals surface area contributed by atoms with Gasteiger partial charge in [0.2, 0.25) is 5.89 Å². The highest BCUT2D eigenvalue weighted by Gasteiger charge is 2.23. The number of hydrogen-bond donors (Lipinski definition) is 1. The van der Waals surface area contributed by atoms with Crippen molar-refractivity contribution in [2.75, 3.05) is 30.3 Å². The van der Waals surface area contributed by atoms with E-state index in [1.165, 1.54) is 6.26 Å². The van der Waals surface area contributed by atoms with Crippen molar-refractivity contribution in [3.63, 3.8) is 0 Å². The molecule has 1 aliphatic heterocycles. The Balaban J connectivity index is 1.60. The molecular weight excluding hydrogens is 338 g/mol. The van der Waals surface area contributed by atoms with Crippen molar-refractivity contribution in [1.29, 1.82) is 0 Å². The topological polar surface area (TPSA) is 90.2 Å². The second-order valence-electron chi connectivity index (χ2n) is 5.63. The summed E-state index contributed by atoms with van der Waals surface area (Å²) >= 11 is 1.85. The molecule has 0 radical (unpaired) electrons. The summed E-state index contributed by atoms with van der Waals surface area (Å²) in [6.45, 7) is 1.47. The molecule has 2 aromatic heterocycles. The molecule has 3 heterocycles. The lowest BCUT2D eigenvalue weighted by Crippen LogP contribution is -2.38. The van der Waals surface area contributed by atoms with Crippen molar-refractivity contribution in [2.24, 2.45) is 0 Å². The molecule has 25 heavy (non-hydrogen) atoms. The maximum atomic E-state index is 12.5. The molecule has 2 N–H and O–H groups in total. The van der Waals surface area contributed by atoms with Crippen LogP contribution in [0.4, 0.5) is 5.82 Å². The maximum absolute atomic E-state index is 12.5. The first-order valence-corrected chi connectivity index (χ1v) is 9.11. The third kappa shape index (κ3) is 3.00. The van der Waals surface area contributed by atoms with Gasteiger partial charge in [-0.15, -0.1) is 0 Å². The van der Waals surface area contributed by atoms with Gasteiger partial charge < -0.3 is 15.1 Å². The van der Waals surface area contributed by atoms with Crippen LogP contribution in [0.3, 0.4) is 0 Å². The molecule has 1 fully saturated rings. The standard InChI is InChI=1S/C17H17N5O2S/c18-15-13(10-19-22(15)12-4-2-1-3-5-12)16-20-14(11-24-16)17(23)21-6-8-25-9-7-21/h1-5,10-11H,6-9,18H2. The lowest BCUT2D eigenvalue weighted by molar-refractivity contribution is 0.0766. The van der Waals surface area contributed by atoms with Crippen LogP contribution in [-0.2, 0) is 0 Å². The van der Waals surface area contributed by atoms with E-state index in [4.69, 9.17) is 10.2 Å². The zero-order chi connectivity index (χ0) is 17.2. The van der Waals surface area contributed by atoms with Crippen LogP contribution < -0.4 is 5.73 Å². The van der Waals surface area contributed by atoms with Crippen molar-refractivity contribution in [3.8, 4) is 17.1 Å². The predicted molar refractivity (Wildman–Crippen MR) is 96.7 cm³/mol. The number of carbonyl (C=O) groups excluding carboxylic acids is 1. The zero-order valence-corrected chi connectivity index (χ0v) is 14.3. The first kappa shape index (κ1) is 15.8. The minimum atomic E-state index is -0.107. The van der Waals surface area contributed by atoms with Gasteiger partial charge in [-0.1, -0.05) is 18.2 Å². The molecule has 1 aromatic carbocycles. The number of benzene rings is 1. The van der Waals surface area contributed by atoms with Gasteiger partial charge in [0.25, 0.3) is 5.91 Å². The van der Waals surface area contributed by atoms with Crippen LogP contribution >= 0.6 is 11.8 Å². The number of hydrogen-bond acceptors (Lipinski definition) is 6. The second kappa shape index (κ2) is 6.64. The third-order valence-electron chi connectivity index (χ3n) is 4.06. The summed E-state index contributed by atoms with van der Waals surface area (Å²) in [5, 5.41) is 4.30. The van der Waals surface area contributed by atoms with Gasteiger partial charge in [-0.3, -0.25) is 4.79 Å². The van der Waals surface area contributed by atoms with Crippen LogP contribution in [0.25, 0.3) is 17.1 Å². The third-order valence-corrected chi connectivity index (χ3v) is 5.00.